The Labute approximate surface area is 208 Å². The first kappa shape index (κ1) is 26.0. The Bertz CT molecular complexity index is 775. The van der Waals surface area contributed by atoms with E-state index in [9.17, 15) is 0 Å². The molecule has 1 unspecified atom stereocenters. The summed E-state index contributed by atoms with van der Waals surface area (Å²) in [7, 11) is 0. The highest BCUT2D eigenvalue weighted by molar-refractivity contribution is 8.23. The van der Waals surface area contributed by atoms with Crippen LogP contribution in [0.15, 0.2) is 29.3 Å². The maximum Gasteiger partial charge on any atom is 0.169 e. The van der Waals surface area contributed by atoms with Gasteiger partial charge >= 0.3 is 0 Å². The summed E-state index contributed by atoms with van der Waals surface area (Å²) in [5.74, 6) is 2.63. The number of thiocarbonyl (C=S) groups is 1. The lowest BCUT2D eigenvalue weighted by Crippen LogP contribution is -2.48. The van der Waals surface area contributed by atoms with Gasteiger partial charge < -0.3 is 9.64 Å². The average Bonchev–Trinajstić information content (AvgIpc) is 2.85. The highest BCUT2D eigenvalue weighted by Gasteiger charge is 2.37. The van der Waals surface area contributed by atoms with Crippen molar-refractivity contribution < 1.29 is 4.74 Å². The molecule has 0 spiro atoms. The monoisotopic (exact) mass is 493 g/mol. The summed E-state index contributed by atoms with van der Waals surface area (Å²) in [5, 5.41) is 1.07. The fraction of sp³-hybridized carbons (Fsp3) is 0.680. The minimum absolute atomic E-state index is 0.300. The summed E-state index contributed by atoms with van der Waals surface area (Å²) in [6.07, 6.45) is 3.46. The molecule has 1 aromatic rings. The second-order valence-corrected chi connectivity index (χ2v) is 11.6. The highest BCUT2D eigenvalue weighted by Crippen LogP contribution is 2.40. The van der Waals surface area contributed by atoms with Crippen LogP contribution in [0.3, 0.4) is 0 Å². The second kappa shape index (κ2) is 12.7. The molecule has 1 aromatic carbocycles. The quantitative estimate of drug-likeness (QED) is 0.390. The number of hydrogen-bond donors (Lipinski definition) is 0. The molecular formula is C25H39N3OS3. The maximum atomic E-state index is 5.99. The molecule has 0 radical (unpaired) electrons. The molecule has 1 atom stereocenters. The Morgan fingerprint density at radius 1 is 1.22 bits per heavy atom. The number of rotatable bonds is 8. The van der Waals surface area contributed by atoms with Crippen LogP contribution in [0.1, 0.15) is 58.4 Å². The van der Waals surface area contributed by atoms with Gasteiger partial charge in [0.25, 0.3) is 0 Å². The molecule has 2 saturated heterocycles. The predicted octanol–water partition coefficient (Wildman–Crippen LogP) is 6.39. The smallest absolute Gasteiger partial charge is 0.169 e. The lowest BCUT2D eigenvalue weighted by atomic mass is 9.84. The van der Waals surface area contributed by atoms with E-state index in [2.05, 4.69) is 61.8 Å². The fourth-order valence-corrected chi connectivity index (χ4v) is 6.91. The van der Waals surface area contributed by atoms with E-state index >= 15 is 0 Å². The molecule has 0 bridgehead atoms. The Morgan fingerprint density at radius 3 is 2.62 bits per heavy atom. The number of aliphatic imine (C=N–C) groups is 1. The Morgan fingerprint density at radius 2 is 1.94 bits per heavy atom. The fourth-order valence-electron chi connectivity index (χ4n) is 4.15. The highest BCUT2D eigenvalue weighted by atomic mass is 32.2. The lowest BCUT2D eigenvalue weighted by molar-refractivity contribution is 0.0410. The van der Waals surface area contributed by atoms with Crippen LogP contribution in [0.5, 0.6) is 0 Å². The number of hydrogen-bond acceptors (Lipinski definition) is 6. The van der Waals surface area contributed by atoms with Crippen LogP contribution in [0.2, 0.25) is 0 Å². The van der Waals surface area contributed by atoms with Crippen LogP contribution < -0.4 is 0 Å². The summed E-state index contributed by atoms with van der Waals surface area (Å²) in [6, 6.07) is 8.61. The zero-order valence-electron chi connectivity index (χ0n) is 20.1. The molecule has 0 amide bonds. The first-order valence-electron chi connectivity index (χ1n) is 12.1. The number of benzene rings is 1. The van der Waals surface area contributed by atoms with Crippen molar-refractivity contribution in [3.05, 3.63) is 29.8 Å². The number of ether oxygens (including phenoxy) is 1. The molecule has 178 valence electrons. The summed E-state index contributed by atoms with van der Waals surface area (Å²) >= 11 is 9.69. The molecule has 2 heterocycles. The summed E-state index contributed by atoms with van der Waals surface area (Å²) in [6.45, 7) is 14.9. The molecule has 0 aliphatic carbocycles. The Kier molecular flexibility index (Phi) is 10.4. The van der Waals surface area contributed by atoms with Gasteiger partial charge in [0.2, 0.25) is 0 Å². The number of morpholine rings is 1. The minimum atomic E-state index is 0.300. The zero-order valence-corrected chi connectivity index (χ0v) is 22.6. The van der Waals surface area contributed by atoms with E-state index in [0.717, 1.165) is 72.5 Å². The third kappa shape index (κ3) is 6.72. The summed E-state index contributed by atoms with van der Waals surface area (Å²) in [5.41, 5.74) is 2.72. The van der Waals surface area contributed by atoms with Crippen LogP contribution in [0.4, 0.5) is 5.69 Å². The molecule has 2 aliphatic heterocycles. The van der Waals surface area contributed by atoms with Crippen molar-refractivity contribution in [2.24, 2.45) is 10.4 Å². The van der Waals surface area contributed by atoms with Crippen molar-refractivity contribution in [3.63, 3.8) is 0 Å². The van der Waals surface area contributed by atoms with Crippen LogP contribution in [-0.2, 0) is 4.74 Å². The van der Waals surface area contributed by atoms with Crippen LogP contribution in [0, 0.1) is 5.41 Å². The SMILES string of the molecule is CCC(C)c1ccccc1N=C1SCC(CC)(CC)CN1C(=S)SCCN1CCOCC1. The number of nitrogens with zero attached hydrogens (tertiary/aromatic N) is 3. The van der Waals surface area contributed by atoms with Crippen molar-refractivity contribution >= 4 is 50.9 Å². The minimum Gasteiger partial charge on any atom is -0.379 e. The molecule has 2 fully saturated rings. The topological polar surface area (TPSA) is 28.1 Å². The van der Waals surface area contributed by atoms with Crippen molar-refractivity contribution in [1.82, 2.24) is 9.80 Å². The largest absolute Gasteiger partial charge is 0.379 e. The van der Waals surface area contributed by atoms with Gasteiger partial charge in [0.15, 0.2) is 5.17 Å². The first-order chi connectivity index (χ1) is 15.5. The number of amidine groups is 1. The summed E-state index contributed by atoms with van der Waals surface area (Å²) < 4.78 is 6.44. The molecular weight excluding hydrogens is 454 g/mol. The standard InChI is InChI=1S/C25H39N3OS3/c1-5-20(4)21-10-8-9-11-22(21)26-23-28(18-25(6-2,7-3)19-32-23)24(30)31-17-14-27-12-15-29-16-13-27/h8-11,20H,5-7,12-19H2,1-4H3. The molecule has 4 nitrogen and oxygen atoms in total. The molecule has 32 heavy (non-hydrogen) atoms. The van der Waals surface area contributed by atoms with Gasteiger partial charge in [-0.15, -0.1) is 0 Å². The van der Waals surface area contributed by atoms with E-state index in [0.29, 0.717) is 11.3 Å². The average molecular weight is 494 g/mol. The van der Waals surface area contributed by atoms with Gasteiger partial charge in [-0.05, 0) is 42.2 Å². The number of thioether (sulfide) groups is 2. The van der Waals surface area contributed by atoms with E-state index < -0.39 is 0 Å². The van der Waals surface area contributed by atoms with Gasteiger partial charge in [-0.25, -0.2) is 4.99 Å². The third-order valence-electron chi connectivity index (χ3n) is 6.99. The van der Waals surface area contributed by atoms with Gasteiger partial charge in [-0.1, -0.05) is 81.6 Å². The van der Waals surface area contributed by atoms with Gasteiger partial charge in [0.1, 0.15) is 4.32 Å². The van der Waals surface area contributed by atoms with Gasteiger partial charge in [0, 0.05) is 37.7 Å². The zero-order chi connectivity index (χ0) is 23.0. The van der Waals surface area contributed by atoms with Crippen molar-refractivity contribution in [3.8, 4) is 0 Å². The van der Waals surface area contributed by atoms with Crippen molar-refractivity contribution in [2.45, 2.75) is 52.9 Å². The van der Waals surface area contributed by atoms with E-state index in [1.807, 2.05) is 23.5 Å². The molecule has 2 aliphatic rings. The van der Waals surface area contributed by atoms with Crippen LogP contribution in [-0.4, -0.2) is 70.2 Å². The second-order valence-electron chi connectivity index (χ2n) is 8.91. The van der Waals surface area contributed by atoms with Gasteiger partial charge in [0.05, 0.1) is 18.9 Å². The predicted molar refractivity (Wildman–Crippen MR) is 147 cm³/mol. The van der Waals surface area contributed by atoms with E-state index in [4.69, 9.17) is 21.9 Å². The normalized spacial score (nSPS) is 21.6. The van der Waals surface area contributed by atoms with Crippen molar-refractivity contribution in [1.29, 1.82) is 0 Å². The molecule has 0 N–H and O–H groups in total. The Hall–Kier alpha value is -0.600. The first-order valence-corrected chi connectivity index (χ1v) is 14.4. The third-order valence-corrected chi connectivity index (χ3v) is 9.74. The van der Waals surface area contributed by atoms with Gasteiger partial charge in [-0.3, -0.25) is 4.90 Å². The molecule has 3 rings (SSSR count). The van der Waals surface area contributed by atoms with Crippen LogP contribution in [0.25, 0.3) is 0 Å². The number of para-hydroxylation sites is 1. The van der Waals surface area contributed by atoms with E-state index in [1.54, 1.807) is 0 Å². The van der Waals surface area contributed by atoms with Gasteiger partial charge in [-0.2, -0.15) is 0 Å². The van der Waals surface area contributed by atoms with Crippen LogP contribution >= 0.6 is 35.7 Å². The van der Waals surface area contributed by atoms with Crippen molar-refractivity contribution in [2.75, 3.05) is 50.9 Å². The lowest BCUT2D eigenvalue weighted by Gasteiger charge is -2.43. The molecule has 0 aromatic heterocycles. The molecule has 7 heteroatoms. The maximum absolute atomic E-state index is 5.99. The Balaban J connectivity index is 1.77. The van der Waals surface area contributed by atoms with E-state index in [1.165, 1.54) is 18.4 Å². The van der Waals surface area contributed by atoms with E-state index in [-0.39, 0.29) is 0 Å². The summed E-state index contributed by atoms with van der Waals surface area (Å²) in [4.78, 5) is 10.0. The molecule has 0 saturated carbocycles.